The first kappa shape index (κ1) is 17.4. The van der Waals surface area contributed by atoms with E-state index in [1.807, 2.05) is 31.2 Å². The summed E-state index contributed by atoms with van der Waals surface area (Å²) in [4.78, 5) is 26.4. The van der Waals surface area contributed by atoms with Gasteiger partial charge in [0.25, 0.3) is 5.91 Å². The number of thiocarbonyl (C=S) groups is 1. The van der Waals surface area contributed by atoms with Crippen LogP contribution in [0.15, 0.2) is 52.0 Å². The normalized spacial score (nSPS) is 15.9. The Bertz CT molecular complexity index is 827. The maximum absolute atomic E-state index is 12.4. The monoisotopic (exact) mass is 372 g/mol. The zero-order valence-electron chi connectivity index (χ0n) is 13.5. The molecule has 0 radical (unpaired) electrons. The molecule has 0 bridgehead atoms. The van der Waals surface area contributed by atoms with Gasteiger partial charge in [0.2, 0.25) is 5.91 Å². The van der Waals surface area contributed by atoms with Gasteiger partial charge in [-0.15, -0.1) is 0 Å². The smallest absolute Gasteiger partial charge is 0.266 e. The molecular weight excluding hydrogens is 356 g/mol. The second-order valence-corrected chi connectivity index (χ2v) is 7.19. The van der Waals surface area contributed by atoms with Crippen molar-refractivity contribution in [2.45, 2.75) is 13.3 Å². The van der Waals surface area contributed by atoms with E-state index >= 15 is 0 Å². The highest BCUT2D eigenvalue weighted by Crippen LogP contribution is 2.32. The summed E-state index contributed by atoms with van der Waals surface area (Å²) in [5.74, 6) is 0.236. The number of furan rings is 1. The molecule has 2 aromatic rings. The molecule has 25 heavy (non-hydrogen) atoms. The molecule has 1 saturated heterocycles. The van der Waals surface area contributed by atoms with Crippen molar-refractivity contribution in [1.29, 1.82) is 0 Å². The molecule has 1 aliphatic rings. The lowest BCUT2D eigenvalue weighted by Crippen LogP contribution is -2.31. The quantitative estimate of drug-likeness (QED) is 0.639. The van der Waals surface area contributed by atoms with Gasteiger partial charge in [0.1, 0.15) is 10.1 Å². The summed E-state index contributed by atoms with van der Waals surface area (Å²) in [5, 5.41) is 2.81. The number of hydrogen-bond acceptors (Lipinski definition) is 5. The van der Waals surface area contributed by atoms with Gasteiger partial charge in [0, 0.05) is 24.7 Å². The number of hydrogen-bond donors (Lipinski definition) is 1. The van der Waals surface area contributed by atoms with E-state index in [1.54, 1.807) is 24.5 Å². The lowest BCUT2D eigenvalue weighted by Gasteiger charge is -2.14. The maximum atomic E-state index is 12.4. The molecule has 1 aromatic heterocycles. The van der Waals surface area contributed by atoms with Crippen LogP contribution in [0.5, 0.6) is 0 Å². The number of thioether (sulfide) groups is 1. The minimum Gasteiger partial charge on any atom is -0.465 e. The molecule has 0 atom stereocenters. The Morgan fingerprint density at radius 3 is 2.76 bits per heavy atom. The van der Waals surface area contributed by atoms with Gasteiger partial charge in [-0.05, 0) is 31.2 Å². The topological polar surface area (TPSA) is 62.6 Å². The third-order valence-corrected chi connectivity index (χ3v) is 4.97. The average Bonchev–Trinajstić information content (AvgIpc) is 3.18. The number of nitrogens with zero attached hydrogens (tertiary/aromatic N) is 1. The van der Waals surface area contributed by atoms with E-state index in [1.165, 1.54) is 16.7 Å². The summed E-state index contributed by atoms with van der Waals surface area (Å²) in [7, 11) is 0. The summed E-state index contributed by atoms with van der Waals surface area (Å²) >= 11 is 6.47. The molecule has 7 heteroatoms. The van der Waals surface area contributed by atoms with Crippen LogP contribution in [0.25, 0.3) is 6.08 Å². The molecular formula is C18H16N2O3S2. The Kier molecular flexibility index (Phi) is 5.35. The molecule has 1 aromatic carbocycles. The van der Waals surface area contributed by atoms with Crippen molar-refractivity contribution >= 4 is 51.9 Å². The molecule has 5 nitrogen and oxygen atoms in total. The van der Waals surface area contributed by atoms with Crippen molar-refractivity contribution in [3.8, 4) is 0 Å². The summed E-state index contributed by atoms with van der Waals surface area (Å²) in [6, 6.07) is 11.1. The maximum Gasteiger partial charge on any atom is 0.266 e. The summed E-state index contributed by atoms with van der Waals surface area (Å²) in [6.07, 6.45) is 3.38. The predicted octanol–water partition coefficient (Wildman–Crippen LogP) is 3.82. The van der Waals surface area contributed by atoms with Crippen molar-refractivity contribution in [1.82, 2.24) is 4.90 Å². The SMILES string of the molecule is Cc1ccc(NC(=O)CCN2C(=O)C(=Cc3ccco3)SC2=S)cc1. The van der Waals surface area contributed by atoms with Gasteiger partial charge < -0.3 is 9.73 Å². The van der Waals surface area contributed by atoms with E-state index in [0.29, 0.717) is 15.0 Å². The number of aryl methyl sites for hydroxylation is 1. The number of amides is 2. The molecule has 2 amide bonds. The molecule has 0 aliphatic carbocycles. The molecule has 1 fully saturated rings. The standard InChI is InChI=1S/C18H16N2O3S2/c1-12-4-6-13(7-5-12)19-16(21)8-9-20-17(22)15(25-18(20)24)11-14-3-2-10-23-14/h2-7,10-11H,8-9H2,1H3,(H,19,21). The molecule has 0 unspecified atom stereocenters. The lowest BCUT2D eigenvalue weighted by atomic mass is 10.2. The highest BCUT2D eigenvalue weighted by Gasteiger charge is 2.32. The molecule has 0 saturated carbocycles. The van der Waals surface area contributed by atoms with Crippen molar-refractivity contribution in [3.63, 3.8) is 0 Å². The van der Waals surface area contributed by atoms with E-state index in [4.69, 9.17) is 16.6 Å². The van der Waals surface area contributed by atoms with Crippen LogP contribution in [0.4, 0.5) is 5.69 Å². The largest absolute Gasteiger partial charge is 0.465 e. The van der Waals surface area contributed by atoms with Gasteiger partial charge in [0.15, 0.2) is 0 Å². The van der Waals surface area contributed by atoms with Gasteiger partial charge in [-0.2, -0.15) is 0 Å². The van der Waals surface area contributed by atoms with Crippen LogP contribution in [0.3, 0.4) is 0 Å². The second-order valence-electron chi connectivity index (χ2n) is 5.51. The van der Waals surface area contributed by atoms with Crippen molar-refractivity contribution in [2.24, 2.45) is 0 Å². The fourth-order valence-electron chi connectivity index (χ4n) is 2.27. The first-order valence-corrected chi connectivity index (χ1v) is 8.91. The van der Waals surface area contributed by atoms with Crippen LogP contribution in [-0.4, -0.2) is 27.6 Å². The minimum absolute atomic E-state index is 0.159. The van der Waals surface area contributed by atoms with Crippen LogP contribution < -0.4 is 5.32 Å². The molecule has 1 N–H and O–H groups in total. The number of carbonyl (C=O) groups excluding carboxylic acids is 2. The molecule has 0 spiro atoms. The summed E-state index contributed by atoms with van der Waals surface area (Å²) < 4.78 is 5.67. The van der Waals surface area contributed by atoms with Crippen molar-refractivity contribution in [2.75, 3.05) is 11.9 Å². The van der Waals surface area contributed by atoms with E-state index in [9.17, 15) is 9.59 Å². The Morgan fingerprint density at radius 2 is 2.08 bits per heavy atom. The van der Waals surface area contributed by atoms with Crippen LogP contribution in [0.2, 0.25) is 0 Å². The van der Waals surface area contributed by atoms with E-state index in [-0.39, 0.29) is 24.8 Å². The third-order valence-electron chi connectivity index (χ3n) is 3.59. The van der Waals surface area contributed by atoms with Gasteiger partial charge in [-0.1, -0.05) is 41.7 Å². The highest BCUT2D eigenvalue weighted by molar-refractivity contribution is 8.26. The highest BCUT2D eigenvalue weighted by atomic mass is 32.2. The van der Waals surface area contributed by atoms with Crippen molar-refractivity contribution in [3.05, 3.63) is 58.9 Å². The first-order valence-electron chi connectivity index (χ1n) is 7.68. The van der Waals surface area contributed by atoms with Gasteiger partial charge in [-0.25, -0.2) is 0 Å². The van der Waals surface area contributed by atoms with Crippen LogP contribution in [0.1, 0.15) is 17.7 Å². The second kappa shape index (κ2) is 7.67. The van der Waals surface area contributed by atoms with Crippen LogP contribution >= 0.6 is 24.0 Å². The fraction of sp³-hybridized carbons (Fsp3) is 0.167. The third kappa shape index (κ3) is 4.37. The zero-order valence-corrected chi connectivity index (χ0v) is 15.2. The number of anilines is 1. The average molecular weight is 372 g/mol. The number of rotatable bonds is 5. The van der Waals surface area contributed by atoms with Gasteiger partial charge in [0.05, 0.1) is 11.2 Å². The molecule has 128 valence electrons. The van der Waals surface area contributed by atoms with Gasteiger partial charge in [-0.3, -0.25) is 14.5 Å². The molecule has 2 heterocycles. The fourth-order valence-corrected chi connectivity index (χ4v) is 3.56. The van der Waals surface area contributed by atoms with Gasteiger partial charge >= 0.3 is 0 Å². The Labute approximate surface area is 155 Å². The summed E-state index contributed by atoms with van der Waals surface area (Å²) in [5.41, 5.74) is 1.86. The predicted molar refractivity (Wildman–Crippen MR) is 103 cm³/mol. The van der Waals surface area contributed by atoms with Crippen LogP contribution in [-0.2, 0) is 9.59 Å². The Balaban J connectivity index is 1.57. The summed E-state index contributed by atoms with van der Waals surface area (Å²) in [6.45, 7) is 2.23. The van der Waals surface area contributed by atoms with Crippen molar-refractivity contribution < 1.29 is 14.0 Å². The minimum atomic E-state index is -0.200. The van der Waals surface area contributed by atoms with E-state index in [0.717, 1.165) is 11.3 Å². The Hall–Kier alpha value is -2.38. The zero-order chi connectivity index (χ0) is 17.8. The number of carbonyl (C=O) groups is 2. The first-order chi connectivity index (χ1) is 12.0. The number of benzene rings is 1. The molecule has 3 rings (SSSR count). The van der Waals surface area contributed by atoms with E-state index in [2.05, 4.69) is 5.32 Å². The van der Waals surface area contributed by atoms with Crippen LogP contribution in [0, 0.1) is 6.92 Å². The molecule has 1 aliphatic heterocycles. The van der Waals surface area contributed by atoms with E-state index < -0.39 is 0 Å². The lowest BCUT2D eigenvalue weighted by molar-refractivity contribution is -0.122. The number of nitrogens with one attached hydrogen (secondary N) is 1. The Morgan fingerprint density at radius 1 is 1.32 bits per heavy atom.